The lowest BCUT2D eigenvalue weighted by Crippen LogP contribution is -2.46. The number of hydrogen-bond acceptors (Lipinski definition) is 5. The maximum absolute atomic E-state index is 13.3. The molecule has 25 heavy (non-hydrogen) atoms. The van der Waals surface area contributed by atoms with Crippen molar-refractivity contribution in [3.63, 3.8) is 0 Å². The monoisotopic (exact) mass is 344 g/mol. The third-order valence-electron chi connectivity index (χ3n) is 4.47. The highest BCUT2D eigenvalue weighted by Gasteiger charge is 2.21. The Kier molecular flexibility index (Phi) is 4.04. The minimum absolute atomic E-state index is 0.612. The minimum Gasteiger partial charge on any atom is -0.366 e. The number of benzene rings is 1. The van der Waals surface area contributed by atoms with Gasteiger partial charge in [0.05, 0.1) is 11.4 Å². The predicted molar refractivity (Wildman–Crippen MR) is 89.4 cm³/mol. The summed E-state index contributed by atoms with van der Waals surface area (Å²) in [5.41, 5.74) is 3.47. The molecule has 0 atom stereocenters. The largest absolute Gasteiger partial charge is 0.366 e. The zero-order valence-corrected chi connectivity index (χ0v) is 13.9. The average molecular weight is 344 g/mol. The summed E-state index contributed by atoms with van der Waals surface area (Å²) in [5, 5.41) is 12.5. The highest BCUT2D eigenvalue weighted by Crippen LogP contribution is 2.22. The number of fused-ring (bicyclic) bond motifs is 1. The summed E-state index contributed by atoms with van der Waals surface area (Å²) in [4.78, 5) is 4.50. The van der Waals surface area contributed by atoms with Gasteiger partial charge in [-0.3, -0.25) is 4.90 Å². The zero-order chi connectivity index (χ0) is 17.4. The van der Waals surface area contributed by atoms with E-state index < -0.39 is 11.6 Å². The first-order valence-corrected chi connectivity index (χ1v) is 8.19. The van der Waals surface area contributed by atoms with E-state index >= 15 is 0 Å². The van der Waals surface area contributed by atoms with Gasteiger partial charge in [-0.25, -0.2) is 8.78 Å². The van der Waals surface area contributed by atoms with Crippen LogP contribution in [0.1, 0.15) is 11.3 Å². The fourth-order valence-electron chi connectivity index (χ4n) is 3.21. The average Bonchev–Trinajstić information content (AvgIpc) is 3.06. The van der Waals surface area contributed by atoms with Gasteiger partial charge < -0.3 is 4.90 Å². The van der Waals surface area contributed by atoms with E-state index in [0.717, 1.165) is 48.8 Å². The molecule has 0 N–H and O–H groups in total. The van der Waals surface area contributed by atoms with E-state index in [4.69, 9.17) is 0 Å². The number of nitrogens with zero attached hydrogens (tertiary/aromatic N) is 6. The lowest BCUT2D eigenvalue weighted by atomic mass is 10.2. The molecule has 3 aromatic rings. The van der Waals surface area contributed by atoms with Gasteiger partial charge in [-0.1, -0.05) is 6.07 Å². The Bertz CT molecular complexity index is 901. The summed E-state index contributed by atoms with van der Waals surface area (Å²) in [6, 6.07) is 6.11. The third-order valence-corrected chi connectivity index (χ3v) is 4.47. The number of aromatic nitrogens is 4. The number of rotatable bonds is 3. The Morgan fingerprint density at radius 1 is 1.04 bits per heavy atom. The van der Waals surface area contributed by atoms with Gasteiger partial charge in [0.2, 0.25) is 5.65 Å². The van der Waals surface area contributed by atoms with Crippen LogP contribution in [0.25, 0.3) is 5.65 Å². The van der Waals surface area contributed by atoms with Crippen LogP contribution in [0.3, 0.4) is 0 Å². The molecule has 6 nitrogen and oxygen atoms in total. The second kappa shape index (κ2) is 6.36. The lowest BCUT2D eigenvalue weighted by Gasteiger charge is -2.36. The van der Waals surface area contributed by atoms with Gasteiger partial charge >= 0.3 is 0 Å². The van der Waals surface area contributed by atoms with Crippen molar-refractivity contribution in [2.75, 3.05) is 31.1 Å². The summed E-state index contributed by atoms with van der Waals surface area (Å²) < 4.78 is 28.1. The van der Waals surface area contributed by atoms with E-state index in [1.807, 2.05) is 13.0 Å². The maximum Gasteiger partial charge on any atom is 0.200 e. The Labute approximate surface area is 143 Å². The molecule has 1 saturated heterocycles. The third kappa shape index (κ3) is 3.17. The molecule has 130 valence electrons. The first-order valence-electron chi connectivity index (χ1n) is 8.19. The highest BCUT2D eigenvalue weighted by atomic mass is 19.2. The van der Waals surface area contributed by atoms with Crippen LogP contribution >= 0.6 is 0 Å². The Morgan fingerprint density at radius 3 is 2.60 bits per heavy atom. The summed E-state index contributed by atoms with van der Waals surface area (Å²) in [6.45, 7) is 5.88. The van der Waals surface area contributed by atoms with E-state index in [9.17, 15) is 8.78 Å². The quantitative estimate of drug-likeness (QED) is 0.728. The molecule has 8 heteroatoms. The van der Waals surface area contributed by atoms with Crippen molar-refractivity contribution < 1.29 is 8.78 Å². The SMILES string of the molecule is Cc1cc(N2CCN(Cc3ccc(F)c(F)c3)CC2)c2nncn2n1. The maximum atomic E-state index is 13.3. The van der Waals surface area contributed by atoms with Crippen molar-refractivity contribution in [3.05, 3.63) is 53.5 Å². The van der Waals surface area contributed by atoms with Crippen LogP contribution in [0, 0.1) is 18.6 Å². The molecule has 0 amide bonds. The van der Waals surface area contributed by atoms with E-state index in [1.165, 1.54) is 12.1 Å². The number of aryl methyl sites for hydroxylation is 1. The van der Waals surface area contributed by atoms with Crippen LogP contribution in [0.15, 0.2) is 30.6 Å². The fraction of sp³-hybridized carbons (Fsp3) is 0.353. The number of anilines is 1. The molecule has 3 heterocycles. The number of halogens is 2. The molecule has 0 aliphatic carbocycles. The molecule has 1 fully saturated rings. The zero-order valence-electron chi connectivity index (χ0n) is 13.9. The summed E-state index contributed by atoms with van der Waals surface area (Å²) >= 11 is 0. The number of hydrogen-bond donors (Lipinski definition) is 0. The molecule has 0 radical (unpaired) electrons. The smallest absolute Gasteiger partial charge is 0.200 e. The van der Waals surface area contributed by atoms with Crippen molar-refractivity contribution in [2.24, 2.45) is 0 Å². The van der Waals surface area contributed by atoms with E-state index in [-0.39, 0.29) is 0 Å². The molecule has 0 bridgehead atoms. The van der Waals surface area contributed by atoms with E-state index in [2.05, 4.69) is 25.1 Å². The van der Waals surface area contributed by atoms with Crippen molar-refractivity contribution in [1.82, 2.24) is 24.7 Å². The first kappa shape index (κ1) is 15.9. The van der Waals surface area contributed by atoms with Crippen molar-refractivity contribution >= 4 is 11.3 Å². The van der Waals surface area contributed by atoms with Gasteiger partial charge in [0, 0.05) is 32.7 Å². The van der Waals surface area contributed by atoms with Gasteiger partial charge in [0.25, 0.3) is 0 Å². The van der Waals surface area contributed by atoms with Gasteiger partial charge in [0.1, 0.15) is 6.33 Å². The van der Waals surface area contributed by atoms with E-state index in [1.54, 1.807) is 16.9 Å². The van der Waals surface area contributed by atoms with Crippen LogP contribution in [0.4, 0.5) is 14.5 Å². The number of piperazine rings is 1. The molecule has 0 saturated carbocycles. The molecule has 2 aromatic heterocycles. The van der Waals surface area contributed by atoms with Crippen LogP contribution in [0.2, 0.25) is 0 Å². The first-order chi connectivity index (χ1) is 12.1. The molecule has 1 aliphatic heterocycles. The lowest BCUT2D eigenvalue weighted by molar-refractivity contribution is 0.249. The van der Waals surface area contributed by atoms with Crippen molar-refractivity contribution in [3.8, 4) is 0 Å². The van der Waals surface area contributed by atoms with Crippen LogP contribution < -0.4 is 4.90 Å². The molecule has 1 aliphatic rings. The summed E-state index contributed by atoms with van der Waals surface area (Å²) in [7, 11) is 0. The van der Waals surface area contributed by atoms with Gasteiger partial charge in [-0.2, -0.15) is 9.61 Å². The predicted octanol–water partition coefficient (Wildman–Crippen LogP) is 2.03. The van der Waals surface area contributed by atoms with Gasteiger partial charge in [0.15, 0.2) is 11.6 Å². The summed E-state index contributed by atoms with van der Waals surface area (Å²) in [6.07, 6.45) is 1.60. The molecular formula is C17H18F2N6. The van der Waals surface area contributed by atoms with Crippen molar-refractivity contribution in [1.29, 1.82) is 0 Å². The van der Waals surface area contributed by atoms with Gasteiger partial charge in [-0.15, -0.1) is 10.2 Å². The Balaban J connectivity index is 1.45. The fourth-order valence-corrected chi connectivity index (χ4v) is 3.21. The highest BCUT2D eigenvalue weighted by molar-refractivity contribution is 5.68. The molecule has 0 spiro atoms. The van der Waals surface area contributed by atoms with Crippen LogP contribution in [-0.4, -0.2) is 50.9 Å². The van der Waals surface area contributed by atoms with Crippen LogP contribution in [-0.2, 0) is 6.54 Å². The van der Waals surface area contributed by atoms with Gasteiger partial charge in [-0.05, 0) is 30.7 Å². The second-order valence-electron chi connectivity index (χ2n) is 6.28. The molecule has 1 aromatic carbocycles. The van der Waals surface area contributed by atoms with Crippen LogP contribution in [0.5, 0.6) is 0 Å². The Morgan fingerprint density at radius 2 is 1.84 bits per heavy atom. The standard InChI is InChI=1S/C17H18F2N6/c1-12-8-16(17-21-20-11-25(17)22-12)24-6-4-23(5-7-24)10-13-2-3-14(18)15(19)9-13/h2-3,8-9,11H,4-7,10H2,1H3. The minimum atomic E-state index is -0.807. The summed E-state index contributed by atoms with van der Waals surface area (Å²) in [5.74, 6) is -1.60. The second-order valence-corrected chi connectivity index (χ2v) is 6.28. The molecule has 4 rings (SSSR count). The Hall–Kier alpha value is -2.61. The molecule has 0 unspecified atom stereocenters. The normalized spacial score (nSPS) is 15.9. The topological polar surface area (TPSA) is 49.6 Å². The van der Waals surface area contributed by atoms with E-state index in [0.29, 0.717) is 6.54 Å². The molecular weight excluding hydrogens is 326 g/mol. The van der Waals surface area contributed by atoms with Crippen molar-refractivity contribution in [2.45, 2.75) is 13.5 Å².